The minimum Gasteiger partial charge on any atom is -0.377 e. The molecule has 120 valence electrons. The van der Waals surface area contributed by atoms with Gasteiger partial charge in [0, 0.05) is 0 Å². The molecule has 1 rings (SSSR count). The van der Waals surface area contributed by atoms with Gasteiger partial charge in [0.05, 0.1) is 18.8 Å². The minimum absolute atomic E-state index is 0.297. The van der Waals surface area contributed by atoms with Gasteiger partial charge in [-0.3, -0.25) is 0 Å². The van der Waals surface area contributed by atoms with Crippen LogP contribution in [0.25, 0.3) is 0 Å². The number of hydrogen-bond acceptors (Lipinski definition) is 2. The van der Waals surface area contributed by atoms with Crippen LogP contribution in [0.15, 0.2) is 24.3 Å². The Morgan fingerprint density at radius 1 is 0.952 bits per heavy atom. The number of nitrogens with one attached hydrogen (secondary N) is 1. The van der Waals surface area contributed by atoms with Gasteiger partial charge in [-0.2, -0.15) is 0 Å². The van der Waals surface area contributed by atoms with Gasteiger partial charge in [-0.15, -0.1) is 0 Å². The second-order valence-electron chi connectivity index (χ2n) is 6.26. The smallest absolute Gasteiger partial charge is 0.0665 e. The van der Waals surface area contributed by atoms with Crippen LogP contribution in [0, 0.1) is 0 Å². The molecule has 1 aromatic rings. The Morgan fingerprint density at radius 3 is 2.10 bits per heavy atom. The summed E-state index contributed by atoms with van der Waals surface area (Å²) in [7, 11) is 0. The van der Waals surface area contributed by atoms with Crippen molar-refractivity contribution in [1.82, 2.24) is 5.32 Å². The monoisotopic (exact) mass is 291 g/mol. The van der Waals surface area contributed by atoms with Gasteiger partial charge >= 0.3 is 0 Å². The highest BCUT2D eigenvalue weighted by molar-refractivity contribution is 5.27. The fourth-order valence-electron chi connectivity index (χ4n) is 2.46. The molecule has 0 spiro atoms. The summed E-state index contributed by atoms with van der Waals surface area (Å²) >= 11 is 0. The molecule has 2 nitrogen and oxygen atoms in total. The molecule has 0 heterocycles. The maximum Gasteiger partial charge on any atom is 0.0665 e. The van der Waals surface area contributed by atoms with Crippen molar-refractivity contribution >= 4 is 0 Å². The quantitative estimate of drug-likeness (QED) is 0.651. The Hall–Kier alpha value is -0.860. The van der Waals surface area contributed by atoms with Crippen LogP contribution in [0.3, 0.4) is 0 Å². The van der Waals surface area contributed by atoms with Crippen LogP contribution < -0.4 is 5.32 Å². The fourth-order valence-corrected chi connectivity index (χ4v) is 2.46. The zero-order valence-corrected chi connectivity index (χ0v) is 14.5. The maximum atomic E-state index is 6.01. The molecule has 1 N–H and O–H groups in total. The summed E-state index contributed by atoms with van der Waals surface area (Å²) in [6, 6.07) is 9.28. The molecule has 0 aliphatic rings. The van der Waals surface area contributed by atoms with Gasteiger partial charge in [-0.1, -0.05) is 58.4 Å². The van der Waals surface area contributed by atoms with Gasteiger partial charge in [0.15, 0.2) is 0 Å². The van der Waals surface area contributed by atoms with Crippen LogP contribution >= 0.6 is 0 Å². The fraction of sp³-hybridized carbons (Fsp3) is 0.684. The van der Waals surface area contributed by atoms with E-state index in [9.17, 15) is 0 Å². The molecule has 0 saturated heterocycles. The highest BCUT2D eigenvalue weighted by atomic mass is 16.5. The topological polar surface area (TPSA) is 21.3 Å². The molecular formula is C19H33NO. The van der Waals surface area contributed by atoms with E-state index in [0.717, 1.165) is 26.0 Å². The molecule has 21 heavy (non-hydrogen) atoms. The molecule has 2 atom stereocenters. The van der Waals surface area contributed by atoms with Crippen LogP contribution in [0.5, 0.6) is 0 Å². The van der Waals surface area contributed by atoms with Crippen LogP contribution in [-0.2, 0) is 4.74 Å². The molecule has 0 aliphatic heterocycles. The zero-order chi connectivity index (χ0) is 15.7. The standard InChI is InChI=1S/C19H33NO/c1-6-8-16(5)21-14-19(20-13-7-2)18-11-9-17(10-12-18)15(3)4/h9-12,15-16,19-20H,6-8,13-14H2,1-5H3. The molecule has 0 radical (unpaired) electrons. The van der Waals surface area contributed by atoms with Gasteiger partial charge in [0.2, 0.25) is 0 Å². The average Bonchev–Trinajstić information content (AvgIpc) is 2.48. The summed E-state index contributed by atoms with van der Waals surface area (Å²) in [6.07, 6.45) is 3.80. The summed E-state index contributed by atoms with van der Waals surface area (Å²) in [4.78, 5) is 0. The number of benzene rings is 1. The Balaban J connectivity index is 2.67. The first-order chi connectivity index (χ1) is 10.1. The molecule has 0 saturated carbocycles. The van der Waals surface area contributed by atoms with E-state index in [2.05, 4.69) is 64.2 Å². The van der Waals surface area contributed by atoms with E-state index in [1.165, 1.54) is 17.5 Å². The van der Waals surface area contributed by atoms with Gasteiger partial charge < -0.3 is 10.1 Å². The van der Waals surface area contributed by atoms with Crippen molar-refractivity contribution in [3.63, 3.8) is 0 Å². The zero-order valence-electron chi connectivity index (χ0n) is 14.5. The first kappa shape index (κ1) is 18.2. The average molecular weight is 291 g/mol. The van der Waals surface area contributed by atoms with E-state index in [1.807, 2.05) is 0 Å². The normalized spacial score (nSPS) is 14.4. The van der Waals surface area contributed by atoms with Crippen LogP contribution in [0.4, 0.5) is 0 Å². The van der Waals surface area contributed by atoms with Crippen molar-refractivity contribution in [3.8, 4) is 0 Å². The molecule has 0 aliphatic carbocycles. The first-order valence-electron chi connectivity index (χ1n) is 8.53. The first-order valence-corrected chi connectivity index (χ1v) is 8.53. The SMILES string of the molecule is CCCNC(COC(C)CCC)c1ccc(C(C)C)cc1. The lowest BCUT2D eigenvalue weighted by Gasteiger charge is -2.22. The third-order valence-corrected chi connectivity index (χ3v) is 3.89. The maximum absolute atomic E-state index is 6.01. The summed E-state index contributed by atoms with van der Waals surface area (Å²) in [5.41, 5.74) is 2.73. The van der Waals surface area contributed by atoms with Gasteiger partial charge in [-0.05, 0) is 43.4 Å². The minimum atomic E-state index is 0.297. The van der Waals surface area contributed by atoms with Gasteiger partial charge in [0.1, 0.15) is 0 Å². The Labute approximate surface area is 131 Å². The summed E-state index contributed by atoms with van der Waals surface area (Å²) < 4.78 is 6.01. The number of rotatable bonds is 10. The number of ether oxygens (including phenoxy) is 1. The molecular weight excluding hydrogens is 258 g/mol. The van der Waals surface area contributed by atoms with Crippen molar-refractivity contribution in [3.05, 3.63) is 35.4 Å². The van der Waals surface area contributed by atoms with Crippen molar-refractivity contribution in [1.29, 1.82) is 0 Å². The molecule has 1 aromatic carbocycles. The predicted octanol–water partition coefficient (Wildman–Crippen LogP) is 5.06. The molecule has 2 heteroatoms. The highest BCUT2D eigenvalue weighted by Gasteiger charge is 2.13. The van der Waals surface area contributed by atoms with Crippen LogP contribution in [-0.4, -0.2) is 19.3 Å². The van der Waals surface area contributed by atoms with E-state index >= 15 is 0 Å². The molecule has 0 aromatic heterocycles. The summed E-state index contributed by atoms with van der Waals surface area (Å²) in [5, 5.41) is 3.61. The van der Waals surface area contributed by atoms with Crippen molar-refractivity contribution in [2.45, 2.75) is 71.9 Å². The lowest BCUT2D eigenvalue weighted by atomic mass is 9.99. The highest BCUT2D eigenvalue weighted by Crippen LogP contribution is 2.20. The largest absolute Gasteiger partial charge is 0.377 e. The summed E-state index contributed by atoms with van der Waals surface area (Å²) in [5.74, 6) is 0.585. The second kappa shape index (κ2) is 9.97. The van der Waals surface area contributed by atoms with Crippen molar-refractivity contribution < 1.29 is 4.74 Å². The van der Waals surface area contributed by atoms with Crippen molar-refractivity contribution in [2.75, 3.05) is 13.2 Å². The Kier molecular flexibility index (Phi) is 8.63. The van der Waals surface area contributed by atoms with E-state index in [-0.39, 0.29) is 0 Å². The van der Waals surface area contributed by atoms with E-state index in [1.54, 1.807) is 0 Å². The van der Waals surface area contributed by atoms with Gasteiger partial charge in [0.25, 0.3) is 0 Å². The van der Waals surface area contributed by atoms with Crippen LogP contribution in [0.1, 0.15) is 77.0 Å². The Morgan fingerprint density at radius 2 is 1.57 bits per heavy atom. The van der Waals surface area contributed by atoms with E-state index in [0.29, 0.717) is 18.1 Å². The summed E-state index contributed by atoms with van der Waals surface area (Å²) in [6.45, 7) is 12.8. The third-order valence-electron chi connectivity index (χ3n) is 3.89. The Bertz CT molecular complexity index is 372. The lowest BCUT2D eigenvalue weighted by molar-refractivity contribution is 0.0440. The second-order valence-corrected chi connectivity index (χ2v) is 6.26. The van der Waals surface area contributed by atoms with E-state index in [4.69, 9.17) is 4.74 Å². The van der Waals surface area contributed by atoms with Crippen molar-refractivity contribution in [2.24, 2.45) is 0 Å². The molecule has 0 fully saturated rings. The molecule has 0 amide bonds. The lowest BCUT2D eigenvalue weighted by Crippen LogP contribution is -2.28. The third kappa shape index (κ3) is 6.62. The molecule has 0 bridgehead atoms. The van der Waals surface area contributed by atoms with Crippen LogP contribution in [0.2, 0.25) is 0 Å². The van der Waals surface area contributed by atoms with Gasteiger partial charge in [-0.25, -0.2) is 0 Å². The van der Waals surface area contributed by atoms with E-state index < -0.39 is 0 Å². The number of hydrogen-bond donors (Lipinski definition) is 1. The predicted molar refractivity (Wildman–Crippen MR) is 91.9 cm³/mol. The molecule has 2 unspecified atom stereocenters.